The molecule has 0 radical (unpaired) electrons. The summed E-state index contributed by atoms with van der Waals surface area (Å²) in [4.78, 5) is 36.4. The number of amides is 2. The molecule has 0 aromatic rings. The van der Waals surface area contributed by atoms with Crippen molar-refractivity contribution in [1.82, 2.24) is 4.90 Å². The number of alkyl halides is 2. The second kappa shape index (κ2) is 4.26. The molecule has 1 N–H and O–H groups in total. The van der Waals surface area contributed by atoms with Gasteiger partial charge in [0.25, 0.3) is 0 Å². The van der Waals surface area contributed by atoms with Gasteiger partial charge in [-0.3, -0.25) is 14.5 Å². The van der Waals surface area contributed by atoms with E-state index in [2.05, 4.69) is 31.9 Å². The normalized spacial score (nSPS) is 45.7. The number of imide groups is 1. The van der Waals surface area contributed by atoms with Gasteiger partial charge in [0.1, 0.15) is 6.04 Å². The van der Waals surface area contributed by atoms with Crippen molar-refractivity contribution in [3.8, 4) is 0 Å². The summed E-state index contributed by atoms with van der Waals surface area (Å²) in [5.74, 6) is -3.15. The van der Waals surface area contributed by atoms with E-state index in [1.54, 1.807) is 0 Å². The van der Waals surface area contributed by atoms with Gasteiger partial charge in [-0.15, -0.1) is 0 Å². The Morgan fingerprint density at radius 3 is 2.00 bits per heavy atom. The number of fused-ring (bicyclic) bond motifs is 5. The van der Waals surface area contributed by atoms with Gasteiger partial charge >= 0.3 is 5.97 Å². The molecule has 0 aliphatic carbocycles. The van der Waals surface area contributed by atoms with Gasteiger partial charge in [0, 0.05) is 0 Å². The van der Waals surface area contributed by atoms with Crippen LogP contribution in [0.4, 0.5) is 0 Å². The van der Waals surface area contributed by atoms with E-state index in [-0.39, 0.29) is 21.9 Å². The second-order valence-corrected chi connectivity index (χ2v) is 7.18. The lowest BCUT2D eigenvalue weighted by Gasteiger charge is -2.24. The highest BCUT2D eigenvalue weighted by atomic mass is 79.9. The third-order valence-electron chi connectivity index (χ3n) is 4.13. The minimum atomic E-state index is -1.18. The Balaban J connectivity index is 1.95. The lowest BCUT2D eigenvalue weighted by atomic mass is 9.81. The Hall–Kier alpha value is -0.470. The molecule has 7 atom stereocenters. The second-order valence-electron chi connectivity index (χ2n) is 5.07. The Kier molecular flexibility index (Phi) is 3.03. The number of carbonyl (C=O) groups excluding carboxylic acids is 2. The fraction of sp³-hybridized carbons (Fsp3) is 0.727. The highest BCUT2D eigenvalue weighted by Gasteiger charge is 2.68. The van der Waals surface area contributed by atoms with Gasteiger partial charge in [-0.25, -0.2) is 4.79 Å². The van der Waals surface area contributed by atoms with Crippen LogP contribution >= 0.6 is 31.9 Å². The van der Waals surface area contributed by atoms with Gasteiger partial charge in [-0.05, 0) is 6.92 Å². The fourth-order valence-electron chi connectivity index (χ4n) is 3.18. The molecule has 2 bridgehead atoms. The zero-order valence-electron chi connectivity index (χ0n) is 9.82. The van der Waals surface area contributed by atoms with E-state index in [0.717, 1.165) is 4.90 Å². The maximum atomic E-state index is 12.3. The largest absolute Gasteiger partial charge is 0.480 e. The van der Waals surface area contributed by atoms with E-state index in [1.165, 1.54) is 6.92 Å². The van der Waals surface area contributed by atoms with E-state index in [0.29, 0.717) is 0 Å². The van der Waals surface area contributed by atoms with Crippen molar-refractivity contribution in [2.45, 2.75) is 34.8 Å². The number of carbonyl (C=O) groups is 3. The lowest BCUT2D eigenvalue weighted by Crippen LogP contribution is -2.45. The highest BCUT2D eigenvalue weighted by molar-refractivity contribution is 9.12. The number of aliphatic carboxylic acids is 1. The quantitative estimate of drug-likeness (QED) is 0.538. The molecule has 19 heavy (non-hydrogen) atoms. The van der Waals surface area contributed by atoms with Crippen molar-refractivity contribution in [3.63, 3.8) is 0 Å². The van der Waals surface area contributed by atoms with E-state index >= 15 is 0 Å². The summed E-state index contributed by atoms with van der Waals surface area (Å²) in [5.41, 5.74) is 0. The predicted octanol–water partition coefficient (Wildman–Crippen LogP) is 0.369. The van der Waals surface area contributed by atoms with Crippen molar-refractivity contribution in [3.05, 3.63) is 0 Å². The van der Waals surface area contributed by atoms with E-state index < -0.39 is 35.7 Å². The van der Waals surface area contributed by atoms with Crippen LogP contribution < -0.4 is 0 Å². The third-order valence-corrected chi connectivity index (χ3v) is 7.02. The van der Waals surface area contributed by atoms with Crippen molar-refractivity contribution < 1.29 is 24.2 Å². The van der Waals surface area contributed by atoms with Gasteiger partial charge in [0.15, 0.2) is 0 Å². The van der Waals surface area contributed by atoms with Crippen molar-refractivity contribution in [2.75, 3.05) is 0 Å². The molecule has 0 unspecified atom stereocenters. The number of nitrogens with zero attached hydrogens (tertiary/aromatic N) is 1. The number of rotatable bonds is 2. The Morgan fingerprint density at radius 2 is 1.63 bits per heavy atom. The number of hydrogen-bond acceptors (Lipinski definition) is 4. The van der Waals surface area contributed by atoms with Gasteiger partial charge < -0.3 is 9.84 Å². The predicted molar refractivity (Wildman–Crippen MR) is 70.0 cm³/mol. The molecule has 3 fully saturated rings. The van der Waals surface area contributed by atoms with Crippen LogP contribution in [0.2, 0.25) is 0 Å². The Morgan fingerprint density at radius 1 is 1.21 bits per heavy atom. The van der Waals surface area contributed by atoms with E-state index in [9.17, 15) is 14.4 Å². The average Bonchev–Trinajstić information content (AvgIpc) is 2.94. The number of ether oxygens (including phenoxy) is 1. The van der Waals surface area contributed by atoms with Crippen LogP contribution in [0.3, 0.4) is 0 Å². The van der Waals surface area contributed by atoms with Gasteiger partial charge in [0.2, 0.25) is 11.8 Å². The first-order valence-electron chi connectivity index (χ1n) is 5.89. The highest BCUT2D eigenvalue weighted by Crippen LogP contribution is 2.53. The van der Waals surface area contributed by atoms with Crippen LogP contribution in [-0.4, -0.2) is 55.7 Å². The molecule has 0 aromatic heterocycles. The van der Waals surface area contributed by atoms with E-state index in [4.69, 9.17) is 9.84 Å². The first kappa shape index (κ1) is 13.5. The maximum absolute atomic E-state index is 12.3. The molecule has 104 valence electrons. The van der Waals surface area contributed by atoms with Crippen LogP contribution in [0.1, 0.15) is 6.92 Å². The summed E-state index contributed by atoms with van der Waals surface area (Å²) in [6, 6.07) is -1.13. The Bertz CT molecular complexity index is 452. The molecule has 0 aromatic carbocycles. The zero-order chi connectivity index (χ0) is 14.1. The average molecular weight is 397 g/mol. The molecule has 0 saturated carbocycles. The molecule has 3 rings (SSSR count). The number of likely N-dealkylation sites (tertiary alicyclic amines) is 1. The molecule has 6 nitrogen and oxygen atoms in total. The minimum Gasteiger partial charge on any atom is -0.480 e. The van der Waals surface area contributed by atoms with Crippen LogP contribution in [0.15, 0.2) is 0 Å². The summed E-state index contributed by atoms with van der Waals surface area (Å²) < 4.78 is 5.68. The number of hydrogen-bond donors (Lipinski definition) is 1. The van der Waals surface area contributed by atoms with E-state index in [1.807, 2.05) is 0 Å². The van der Waals surface area contributed by atoms with Crippen molar-refractivity contribution in [1.29, 1.82) is 0 Å². The van der Waals surface area contributed by atoms with Crippen LogP contribution in [-0.2, 0) is 19.1 Å². The minimum absolute atomic E-state index is 0.0458. The summed E-state index contributed by atoms with van der Waals surface area (Å²) in [6.07, 6.45) is -0.747. The number of carboxylic acid groups (broad SMARTS) is 1. The molecule has 3 saturated heterocycles. The molecule has 8 heteroatoms. The van der Waals surface area contributed by atoms with Gasteiger partial charge in [-0.2, -0.15) is 0 Å². The summed E-state index contributed by atoms with van der Waals surface area (Å²) in [6.45, 7) is 1.35. The van der Waals surface area contributed by atoms with Crippen molar-refractivity contribution >= 4 is 49.6 Å². The van der Waals surface area contributed by atoms with Gasteiger partial charge in [0.05, 0.1) is 33.7 Å². The molecule has 2 amide bonds. The first-order valence-corrected chi connectivity index (χ1v) is 7.72. The number of carboxylic acids is 1. The Labute approximate surface area is 125 Å². The SMILES string of the molecule is C[C@H](C(=O)O)N1C(=O)[C@@H]2[C@H]3O[C@@H]([C@H](Br)[C@H]3Br)[C@@H]2C1=O. The summed E-state index contributed by atoms with van der Waals surface area (Å²) in [5, 5.41) is 9.00. The topological polar surface area (TPSA) is 83.9 Å². The standard InChI is InChI=1S/C11H11Br2NO5/c1-2(11(17)18)14-9(15)3-4(10(14)16)8-6(13)5(12)7(3)19-8/h2-8H,1H3,(H,17,18)/t2-,3-,4+,5-,6-,7-,8-/m1/s1. The smallest absolute Gasteiger partial charge is 0.326 e. The molecule has 3 aliphatic rings. The van der Waals surface area contributed by atoms with Crippen LogP contribution in [0.25, 0.3) is 0 Å². The lowest BCUT2D eigenvalue weighted by molar-refractivity contribution is -0.155. The van der Waals surface area contributed by atoms with Crippen molar-refractivity contribution in [2.24, 2.45) is 11.8 Å². The molecule has 3 aliphatic heterocycles. The molecule has 0 spiro atoms. The monoisotopic (exact) mass is 395 g/mol. The fourth-order valence-corrected chi connectivity index (χ4v) is 4.69. The summed E-state index contributed by atoms with van der Waals surface area (Å²) >= 11 is 6.92. The van der Waals surface area contributed by atoms with Crippen LogP contribution in [0, 0.1) is 11.8 Å². The van der Waals surface area contributed by atoms with Crippen LogP contribution in [0.5, 0.6) is 0 Å². The zero-order valence-corrected chi connectivity index (χ0v) is 13.0. The number of halogens is 2. The molecule has 3 heterocycles. The molecular formula is C11H11Br2NO5. The maximum Gasteiger partial charge on any atom is 0.326 e. The summed E-state index contributed by atoms with van der Waals surface area (Å²) in [7, 11) is 0. The molecular weight excluding hydrogens is 386 g/mol. The first-order chi connectivity index (χ1) is 8.86. The van der Waals surface area contributed by atoms with Gasteiger partial charge in [-0.1, -0.05) is 31.9 Å². The third kappa shape index (κ3) is 1.59.